The average Bonchev–Trinajstić information content (AvgIpc) is 3.38. The van der Waals surface area contributed by atoms with Gasteiger partial charge in [-0.05, 0) is 92.3 Å². The third-order valence-electron chi connectivity index (χ3n) is 9.26. The Morgan fingerprint density at radius 2 is 1.44 bits per heavy atom. The monoisotopic (exact) mass is 879 g/mol. The van der Waals surface area contributed by atoms with Crippen LogP contribution in [0.4, 0.5) is 13.2 Å². The molecule has 0 amide bonds. The molecule has 5 rings (SSSR count). The maximum Gasteiger partial charge on any atom is 0.417 e. The van der Waals surface area contributed by atoms with E-state index in [0.29, 0.717) is 10.9 Å². The van der Waals surface area contributed by atoms with Crippen LogP contribution in [0.5, 0.6) is 0 Å². The molecule has 0 aliphatic rings. The van der Waals surface area contributed by atoms with E-state index in [1.165, 1.54) is 23.5 Å². The van der Waals surface area contributed by atoms with E-state index in [4.69, 9.17) is 0 Å². The van der Waals surface area contributed by atoms with Gasteiger partial charge in [-0.2, -0.15) is 13.2 Å². The Labute approximate surface area is 312 Å². The van der Waals surface area contributed by atoms with Crippen molar-refractivity contribution in [1.29, 1.82) is 0 Å². The molecule has 0 aliphatic heterocycles. The van der Waals surface area contributed by atoms with Gasteiger partial charge in [0.1, 0.15) is 0 Å². The van der Waals surface area contributed by atoms with Crippen LogP contribution >= 0.6 is 11.3 Å². The summed E-state index contributed by atoms with van der Waals surface area (Å²) in [5.41, 5.74) is 6.71. The first-order valence-corrected chi connectivity index (χ1v) is 17.9. The summed E-state index contributed by atoms with van der Waals surface area (Å²) in [4.78, 5) is 16.3. The van der Waals surface area contributed by atoms with Gasteiger partial charge in [-0.3, -0.25) is 4.79 Å². The number of thiophene rings is 1. The van der Waals surface area contributed by atoms with Gasteiger partial charge in [0.05, 0.1) is 11.3 Å². The minimum atomic E-state index is -4.47. The molecule has 269 valence electrons. The summed E-state index contributed by atoms with van der Waals surface area (Å²) in [6, 6.07) is 16.1. The van der Waals surface area contributed by atoms with Crippen molar-refractivity contribution in [3.05, 3.63) is 99.9 Å². The first-order valence-electron chi connectivity index (χ1n) is 17.1. The molecular weight excluding hydrogens is 832 g/mol. The van der Waals surface area contributed by atoms with Crippen LogP contribution in [-0.2, 0) is 31.1 Å². The van der Waals surface area contributed by atoms with Gasteiger partial charge >= 0.3 is 6.18 Å². The minimum absolute atomic E-state index is 0. The van der Waals surface area contributed by atoms with Crippen molar-refractivity contribution >= 4 is 37.3 Å². The molecule has 3 nitrogen and oxygen atoms in total. The van der Waals surface area contributed by atoms with Crippen molar-refractivity contribution in [3.8, 4) is 22.4 Å². The maximum atomic E-state index is 14.3. The van der Waals surface area contributed by atoms with E-state index < -0.39 is 11.7 Å². The number of ketones is 1. The minimum Gasteiger partial charge on any atom is -0.512 e. The molecule has 1 radical (unpaired) electrons. The van der Waals surface area contributed by atoms with E-state index in [2.05, 4.69) is 11.1 Å². The molecule has 0 unspecified atom stereocenters. The number of hydrogen-bond donors (Lipinski definition) is 1. The molecule has 0 fully saturated rings. The van der Waals surface area contributed by atoms with Crippen LogP contribution in [0.3, 0.4) is 0 Å². The second-order valence-electron chi connectivity index (χ2n) is 13.1. The topological polar surface area (TPSA) is 50.2 Å². The van der Waals surface area contributed by atoms with E-state index in [0.717, 1.165) is 79.5 Å². The number of allylic oxidation sites excluding steroid dienone is 2. The third kappa shape index (κ3) is 9.12. The van der Waals surface area contributed by atoms with Gasteiger partial charge in [0.15, 0.2) is 5.78 Å². The fourth-order valence-electron chi connectivity index (χ4n) is 6.79. The Kier molecular flexibility index (Phi) is 14.2. The van der Waals surface area contributed by atoms with E-state index in [9.17, 15) is 23.1 Å². The molecule has 2 heterocycles. The number of aliphatic hydroxyl groups is 1. The second kappa shape index (κ2) is 17.3. The predicted molar refractivity (Wildman–Crippen MR) is 199 cm³/mol. The number of fused-ring (bicyclic) bond motifs is 3. The first-order chi connectivity index (χ1) is 23.1. The summed E-state index contributed by atoms with van der Waals surface area (Å²) in [6.07, 6.45) is 2.10. The first kappa shape index (κ1) is 41.1. The van der Waals surface area contributed by atoms with Gasteiger partial charge in [-0.15, -0.1) is 46.2 Å². The summed E-state index contributed by atoms with van der Waals surface area (Å²) < 4.78 is 44.7. The van der Waals surface area contributed by atoms with Crippen molar-refractivity contribution < 1.29 is 43.2 Å². The van der Waals surface area contributed by atoms with Crippen LogP contribution in [0.1, 0.15) is 86.8 Å². The number of hydrogen-bond acceptors (Lipinski definition) is 4. The number of carbonyl (C=O) groups is 1. The summed E-state index contributed by atoms with van der Waals surface area (Å²) in [5.74, 6) is 0.547. The van der Waals surface area contributed by atoms with Gasteiger partial charge in [0.25, 0.3) is 0 Å². The van der Waals surface area contributed by atoms with Gasteiger partial charge in [0, 0.05) is 64.7 Å². The molecule has 0 saturated carbocycles. The van der Waals surface area contributed by atoms with Crippen LogP contribution in [-0.4, -0.2) is 15.9 Å². The molecule has 0 aliphatic carbocycles. The van der Waals surface area contributed by atoms with Crippen LogP contribution in [0.15, 0.2) is 60.5 Å². The summed E-state index contributed by atoms with van der Waals surface area (Å²) in [5, 5.41) is 11.1. The molecule has 0 saturated heterocycles. The normalized spacial score (nSPS) is 12.0. The summed E-state index contributed by atoms with van der Waals surface area (Å²) in [7, 11) is 0. The number of carbonyl (C=O) groups excluding carboxylic acids is 1. The molecular formula is C42H47F3IrNO2S-. The van der Waals surface area contributed by atoms with Crippen molar-refractivity contribution in [2.75, 3.05) is 0 Å². The van der Waals surface area contributed by atoms with Crippen LogP contribution in [0.25, 0.3) is 42.6 Å². The van der Waals surface area contributed by atoms with Crippen LogP contribution < -0.4 is 0 Å². The average molecular weight is 879 g/mol. The number of pyridine rings is 1. The smallest absolute Gasteiger partial charge is 0.417 e. The molecule has 0 bridgehead atoms. The molecule has 5 aromatic rings. The van der Waals surface area contributed by atoms with E-state index in [1.807, 2.05) is 92.6 Å². The van der Waals surface area contributed by atoms with Crippen molar-refractivity contribution in [2.24, 2.45) is 11.8 Å². The van der Waals surface area contributed by atoms with Crippen LogP contribution in [0.2, 0.25) is 0 Å². The second-order valence-corrected chi connectivity index (χ2v) is 14.1. The number of alkyl halides is 3. The summed E-state index contributed by atoms with van der Waals surface area (Å²) in [6.45, 7) is 17.8. The fourth-order valence-corrected chi connectivity index (χ4v) is 8.01. The molecule has 0 spiro atoms. The van der Waals surface area contributed by atoms with E-state index in [-0.39, 0.29) is 49.0 Å². The molecule has 1 N–H and O–H groups in total. The Morgan fingerprint density at radius 1 is 0.860 bits per heavy atom. The fraction of sp³-hybridized carbons (Fsp3) is 0.381. The number of rotatable bonds is 9. The number of aryl methyl sites for hydroxylation is 5. The van der Waals surface area contributed by atoms with Gasteiger partial charge in [-0.1, -0.05) is 59.2 Å². The number of nitrogens with zero attached hydrogens (tertiary/aromatic N) is 1. The zero-order valence-electron chi connectivity index (χ0n) is 30.4. The largest absolute Gasteiger partial charge is 0.512 e. The van der Waals surface area contributed by atoms with E-state index in [1.54, 1.807) is 12.3 Å². The third-order valence-corrected chi connectivity index (χ3v) is 10.4. The van der Waals surface area contributed by atoms with Crippen LogP contribution in [0, 0.1) is 52.5 Å². The maximum absolute atomic E-state index is 14.3. The van der Waals surface area contributed by atoms with E-state index >= 15 is 0 Å². The quantitative estimate of drug-likeness (QED) is 0.0912. The zero-order chi connectivity index (χ0) is 36.2. The van der Waals surface area contributed by atoms with Gasteiger partial charge in [-0.25, -0.2) is 0 Å². The van der Waals surface area contributed by atoms with Crippen molar-refractivity contribution in [2.45, 2.75) is 94.2 Å². The predicted octanol–water partition coefficient (Wildman–Crippen LogP) is 13.0. The molecule has 2 aromatic heterocycles. The van der Waals surface area contributed by atoms with Gasteiger partial charge < -0.3 is 10.1 Å². The SMILES string of the molecule is CCC(CC)C(=O)/C=C(\O)C(CC)CC.Cc1[c-]c(-c2nccc3c2sc2cc(-c4c(C)cc(C)cc4C)c(C(F)(F)F)cc23)cc(C)c1.[Ir]. The van der Waals surface area contributed by atoms with Crippen molar-refractivity contribution in [3.63, 3.8) is 0 Å². The molecule has 3 aromatic carbocycles. The molecule has 8 heteroatoms. The van der Waals surface area contributed by atoms with Crippen molar-refractivity contribution in [1.82, 2.24) is 4.98 Å². The number of aliphatic hydroxyl groups excluding tert-OH is 1. The zero-order valence-corrected chi connectivity index (χ0v) is 33.6. The molecule has 0 atom stereocenters. The number of halogens is 3. The Balaban J connectivity index is 0.000000361. The molecule has 50 heavy (non-hydrogen) atoms. The Bertz CT molecular complexity index is 1960. The number of benzene rings is 3. The number of aromatic nitrogens is 1. The standard InChI is InChI=1S/C29H23F3NS.C13H24O2.Ir/c1-15-8-16(2)12-20(11-15)27-28-21(6-7-33-27)22-13-24(29(30,31)32)23(14-25(22)34-28)26-18(4)9-17(3)10-19(26)5;1-5-10(6-2)12(14)9-13(15)11(7-3)8-4;/h6-11,13-14H,1-5H3;9-11,14H,5-8H2,1-4H3;/q-1;;/b;12-9-;. The van der Waals surface area contributed by atoms with Gasteiger partial charge in [0.2, 0.25) is 0 Å². The summed E-state index contributed by atoms with van der Waals surface area (Å²) >= 11 is 1.49. The Morgan fingerprint density at radius 3 is 1.98 bits per heavy atom. The Hall–Kier alpha value is -3.32.